The summed E-state index contributed by atoms with van der Waals surface area (Å²) in [6.45, 7) is 4.23. The number of benzene rings is 1. The molecule has 1 aliphatic carbocycles. The van der Waals surface area contributed by atoms with Crippen LogP contribution in [0.5, 0.6) is 0 Å². The Hall–Kier alpha value is -1.74. The van der Waals surface area contributed by atoms with Crippen molar-refractivity contribution in [1.29, 1.82) is 0 Å². The predicted molar refractivity (Wildman–Crippen MR) is 81.4 cm³/mol. The van der Waals surface area contributed by atoms with Crippen LogP contribution in [0, 0.1) is 0 Å². The maximum atomic E-state index is 14.5. The third-order valence-corrected chi connectivity index (χ3v) is 3.90. The van der Waals surface area contributed by atoms with Gasteiger partial charge in [-0.3, -0.25) is 4.79 Å². The minimum atomic E-state index is -0.571. The summed E-state index contributed by atoms with van der Waals surface area (Å²) in [6, 6.07) is 9.72. The number of halogens is 1. The van der Waals surface area contributed by atoms with Gasteiger partial charge in [-0.25, -0.2) is 4.39 Å². The molecule has 0 saturated carbocycles. The van der Waals surface area contributed by atoms with E-state index in [2.05, 4.69) is 0 Å². The molecule has 1 aromatic carbocycles. The van der Waals surface area contributed by atoms with E-state index in [9.17, 15) is 9.18 Å². The zero-order valence-electron chi connectivity index (χ0n) is 12.6. The fourth-order valence-corrected chi connectivity index (χ4v) is 2.71. The molecule has 0 radical (unpaired) electrons. The summed E-state index contributed by atoms with van der Waals surface area (Å²) >= 11 is 0. The Bertz CT molecular complexity index is 558. The average Bonchev–Trinajstić information content (AvgIpc) is 2.54. The van der Waals surface area contributed by atoms with E-state index in [4.69, 9.17) is 4.74 Å². The van der Waals surface area contributed by atoms with Gasteiger partial charge in [-0.1, -0.05) is 49.8 Å². The van der Waals surface area contributed by atoms with Crippen LogP contribution >= 0.6 is 0 Å². The molecule has 0 saturated heterocycles. The third-order valence-electron chi connectivity index (χ3n) is 3.90. The molecule has 0 fully saturated rings. The first-order valence-corrected chi connectivity index (χ1v) is 7.42. The summed E-state index contributed by atoms with van der Waals surface area (Å²) in [5.74, 6) is -0.285. The molecule has 21 heavy (non-hydrogen) atoms. The molecule has 0 amide bonds. The Balaban J connectivity index is 2.17. The van der Waals surface area contributed by atoms with E-state index in [0.29, 0.717) is 30.6 Å². The number of carbonyl (C=O) groups is 1. The summed E-state index contributed by atoms with van der Waals surface area (Å²) < 4.78 is 20.3. The smallest absolute Gasteiger partial charge is 0.150 e. The van der Waals surface area contributed by atoms with E-state index >= 15 is 0 Å². The van der Waals surface area contributed by atoms with Crippen LogP contribution in [0.15, 0.2) is 52.9 Å². The summed E-state index contributed by atoms with van der Waals surface area (Å²) in [5, 5.41) is 0. The van der Waals surface area contributed by atoms with Crippen molar-refractivity contribution in [3.05, 3.63) is 58.4 Å². The molecule has 2 rings (SSSR count). The largest absolute Gasteiger partial charge is 0.366 e. The van der Waals surface area contributed by atoms with Crippen LogP contribution in [0.4, 0.5) is 4.39 Å². The third kappa shape index (κ3) is 3.48. The average molecular weight is 288 g/mol. The van der Waals surface area contributed by atoms with Crippen molar-refractivity contribution < 1.29 is 13.9 Å². The van der Waals surface area contributed by atoms with Gasteiger partial charge in [0, 0.05) is 12.0 Å². The first-order valence-electron chi connectivity index (χ1n) is 7.42. The number of ether oxygens (including phenoxy) is 1. The van der Waals surface area contributed by atoms with Crippen molar-refractivity contribution >= 4 is 6.29 Å². The normalized spacial score (nSPS) is 19.1. The molecule has 1 aromatic rings. The van der Waals surface area contributed by atoms with Gasteiger partial charge in [-0.2, -0.15) is 0 Å². The van der Waals surface area contributed by atoms with Gasteiger partial charge < -0.3 is 4.74 Å². The first kappa shape index (κ1) is 15.6. The van der Waals surface area contributed by atoms with Gasteiger partial charge in [0.05, 0.1) is 6.61 Å². The first-order chi connectivity index (χ1) is 10.2. The second-order valence-electron chi connectivity index (χ2n) is 5.16. The SMILES string of the molecule is CCC1=C(C=O)C(CC)=C(F)C(OCc2ccccc2)C1. The fraction of sp³-hybridized carbons (Fsp3) is 0.389. The number of hydrogen-bond donors (Lipinski definition) is 0. The summed E-state index contributed by atoms with van der Waals surface area (Å²) in [4.78, 5) is 11.2. The molecule has 0 heterocycles. The molecular weight excluding hydrogens is 267 g/mol. The molecule has 0 aromatic heterocycles. The van der Waals surface area contributed by atoms with E-state index in [1.54, 1.807) is 0 Å². The highest BCUT2D eigenvalue weighted by Crippen LogP contribution is 2.35. The lowest BCUT2D eigenvalue weighted by atomic mass is 9.86. The van der Waals surface area contributed by atoms with Gasteiger partial charge in [0.2, 0.25) is 0 Å². The number of allylic oxidation sites excluding steroid dienone is 2. The van der Waals surface area contributed by atoms with Gasteiger partial charge >= 0.3 is 0 Å². The van der Waals surface area contributed by atoms with Crippen LogP contribution in [-0.2, 0) is 16.1 Å². The van der Waals surface area contributed by atoms with Crippen molar-refractivity contribution in [3.8, 4) is 0 Å². The molecule has 0 spiro atoms. The van der Waals surface area contributed by atoms with E-state index < -0.39 is 6.10 Å². The zero-order chi connectivity index (χ0) is 15.2. The van der Waals surface area contributed by atoms with Crippen molar-refractivity contribution in [2.75, 3.05) is 0 Å². The Labute approximate surface area is 125 Å². The summed E-state index contributed by atoms with van der Waals surface area (Å²) in [5.41, 5.74) is 3.05. The standard InChI is InChI=1S/C18H21FO2/c1-3-14-10-17(18(19)15(4-2)16(14)11-20)21-12-13-8-6-5-7-9-13/h5-9,11,17H,3-4,10,12H2,1-2H3. The van der Waals surface area contributed by atoms with Crippen LogP contribution in [0.2, 0.25) is 0 Å². The Morgan fingerprint density at radius 1 is 1.24 bits per heavy atom. The maximum absolute atomic E-state index is 14.5. The lowest BCUT2D eigenvalue weighted by molar-refractivity contribution is -0.104. The highest BCUT2D eigenvalue weighted by Gasteiger charge is 2.28. The van der Waals surface area contributed by atoms with E-state index in [1.807, 2.05) is 44.2 Å². The van der Waals surface area contributed by atoms with Crippen LogP contribution in [0.25, 0.3) is 0 Å². The topological polar surface area (TPSA) is 26.3 Å². The molecule has 3 heteroatoms. The lowest BCUT2D eigenvalue weighted by Crippen LogP contribution is -2.22. The molecule has 0 bridgehead atoms. The molecule has 0 aliphatic heterocycles. The highest BCUT2D eigenvalue weighted by atomic mass is 19.1. The molecule has 1 unspecified atom stereocenters. The zero-order valence-corrected chi connectivity index (χ0v) is 12.6. The van der Waals surface area contributed by atoms with Gasteiger partial charge in [-0.05, 0) is 24.0 Å². The van der Waals surface area contributed by atoms with Crippen LogP contribution < -0.4 is 0 Å². The second kappa shape index (κ2) is 7.32. The van der Waals surface area contributed by atoms with Crippen molar-refractivity contribution in [1.82, 2.24) is 0 Å². The fourth-order valence-electron chi connectivity index (χ4n) is 2.71. The molecular formula is C18H21FO2. The molecule has 1 atom stereocenters. The number of hydrogen-bond acceptors (Lipinski definition) is 2. The van der Waals surface area contributed by atoms with E-state index in [1.165, 1.54) is 0 Å². The maximum Gasteiger partial charge on any atom is 0.150 e. The van der Waals surface area contributed by atoms with Crippen LogP contribution in [0.1, 0.15) is 38.7 Å². The van der Waals surface area contributed by atoms with Gasteiger partial charge in [0.1, 0.15) is 18.2 Å². The second-order valence-corrected chi connectivity index (χ2v) is 5.16. The minimum Gasteiger partial charge on any atom is -0.366 e. The quantitative estimate of drug-likeness (QED) is 0.720. The molecule has 1 aliphatic rings. The molecule has 112 valence electrons. The van der Waals surface area contributed by atoms with E-state index in [0.717, 1.165) is 23.8 Å². The Morgan fingerprint density at radius 3 is 2.52 bits per heavy atom. The lowest BCUT2D eigenvalue weighted by Gasteiger charge is -2.26. The summed E-state index contributed by atoms with van der Waals surface area (Å²) in [7, 11) is 0. The van der Waals surface area contributed by atoms with Gasteiger partial charge in [-0.15, -0.1) is 0 Å². The number of aldehydes is 1. The number of carbonyl (C=O) groups excluding carboxylic acids is 1. The monoisotopic (exact) mass is 288 g/mol. The Morgan fingerprint density at radius 2 is 1.95 bits per heavy atom. The minimum absolute atomic E-state index is 0.285. The van der Waals surface area contributed by atoms with Gasteiger partial charge in [0.25, 0.3) is 0 Å². The highest BCUT2D eigenvalue weighted by molar-refractivity contribution is 5.82. The molecule has 0 N–H and O–H groups in total. The molecule has 2 nitrogen and oxygen atoms in total. The summed E-state index contributed by atoms with van der Waals surface area (Å²) in [6.07, 6.45) is 1.93. The van der Waals surface area contributed by atoms with E-state index in [-0.39, 0.29) is 5.83 Å². The number of rotatable bonds is 6. The van der Waals surface area contributed by atoms with Crippen molar-refractivity contribution in [2.24, 2.45) is 0 Å². The Kier molecular flexibility index (Phi) is 5.45. The van der Waals surface area contributed by atoms with Crippen LogP contribution in [-0.4, -0.2) is 12.4 Å². The van der Waals surface area contributed by atoms with Gasteiger partial charge in [0.15, 0.2) is 0 Å². The van der Waals surface area contributed by atoms with Crippen molar-refractivity contribution in [3.63, 3.8) is 0 Å². The predicted octanol–water partition coefficient (Wildman–Crippen LogP) is 4.51. The van der Waals surface area contributed by atoms with Crippen molar-refractivity contribution in [2.45, 2.75) is 45.8 Å². The van der Waals surface area contributed by atoms with Crippen LogP contribution in [0.3, 0.4) is 0 Å².